The lowest BCUT2D eigenvalue weighted by Crippen LogP contribution is -2.39. The average Bonchev–Trinajstić information content (AvgIpc) is 3.15. The van der Waals surface area contributed by atoms with Crippen molar-refractivity contribution in [3.05, 3.63) is 28.7 Å². The number of halogens is 1. The van der Waals surface area contributed by atoms with Crippen LogP contribution in [0.15, 0.2) is 33.7 Å². The Labute approximate surface area is 164 Å². The predicted octanol–water partition coefficient (Wildman–Crippen LogP) is 2.97. The van der Waals surface area contributed by atoms with Crippen molar-refractivity contribution in [2.45, 2.75) is 38.9 Å². The number of guanidine groups is 1. The van der Waals surface area contributed by atoms with Crippen LogP contribution >= 0.6 is 15.9 Å². The molecule has 0 bridgehead atoms. The Balaban J connectivity index is 1.68. The summed E-state index contributed by atoms with van der Waals surface area (Å²) >= 11 is 3.50. The topological polar surface area (TPSA) is 64.1 Å². The molecule has 146 valence electrons. The van der Waals surface area contributed by atoms with Crippen molar-refractivity contribution in [2.24, 2.45) is 4.99 Å². The average molecular weight is 428 g/mol. The van der Waals surface area contributed by atoms with Crippen molar-refractivity contribution in [3.63, 3.8) is 0 Å². The highest BCUT2D eigenvalue weighted by atomic mass is 79.9. The molecule has 1 aromatic rings. The second-order valence-electron chi connectivity index (χ2n) is 6.22. The minimum absolute atomic E-state index is 0.0187. The van der Waals surface area contributed by atoms with Gasteiger partial charge in [-0.1, -0.05) is 12.1 Å². The molecule has 1 aromatic carbocycles. The van der Waals surface area contributed by atoms with E-state index >= 15 is 0 Å². The molecule has 7 heteroatoms. The molecule has 2 atom stereocenters. The molecule has 1 fully saturated rings. The number of para-hydroxylation sites is 1. The molecule has 1 saturated heterocycles. The van der Waals surface area contributed by atoms with E-state index in [9.17, 15) is 0 Å². The monoisotopic (exact) mass is 427 g/mol. The summed E-state index contributed by atoms with van der Waals surface area (Å²) < 4.78 is 18.0. The molecule has 2 N–H and O–H groups in total. The molecule has 2 unspecified atom stereocenters. The Hall–Kier alpha value is -1.31. The van der Waals surface area contributed by atoms with Gasteiger partial charge in [0.25, 0.3) is 0 Å². The summed E-state index contributed by atoms with van der Waals surface area (Å²) in [6.45, 7) is 8.58. The standard InChI is InChI=1S/C19H30BrN3O3/c1-3-21-19(22-10-6-11-25-16-9-12-24-14-16)23-13-15(2)26-18-8-5-4-7-17(18)20/h4-5,7-8,15-16H,3,6,9-14H2,1-2H3,(H2,21,22,23). The maximum absolute atomic E-state index is 5.93. The summed E-state index contributed by atoms with van der Waals surface area (Å²) in [5, 5.41) is 6.60. The summed E-state index contributed by atoms with van der Waals surface area (Å²) in [5.41, 5.74) is 0. The summed E-state index contributed by atoms with van der Waals surface area (Å²) in [6.07, 6.45) is 2.19. The van der Waals surface area contributed by atoms with Crippen molar-refractivity contribution < 1.29 is 14.2 Å². The number of nitrogens with zero attached hydrogens (tertiary/aromatic N) is 1. The quantitative estimate of drug-likeness (QED) is 0.341. The van der Waals surface area contributed by atoms with Gasteiger partial charge < -0.3 is 24.8 Å². The third kappa shape index (κ3) is 7.93. The van der Waals surface area contributed by atoms with Crippen molar-refractivity contribution in [2.75, 3.05) is 39.5 Å². The van der Waals surface area contributed by atoms with Gasteiger partial charge in [0.2, 0.25) is 0 Å². The molecular weight excluding hydrogens is 398 g/mol. The van der Waals surface area contributed by atoms with Crippen LogP contribution in [0.1, 0.15) is 26.7 Å². The zero-order valence-corrected chi connectivity index (χ0v) is 17.3. The molecule has 2 rings (SSSR count). The number of aliphatic imine (C=N–C) groups is 1. The SMILES string of the molecule is CCNC(=NCC(C)Oc1ccccc1Br)NCCCOC1CCOC1. The number of benzene rings is 1. The first kappa shape index (κ1) is 21.0. The van der Waals surface area contributed by atoms with Gasteiger partial charge >= 0.3 is 0 Å². The third-order valence-electron chi connectivity index (χ3n) is 3.87. The van der Waals surface area contributed by atoms with Crippen LogP contribution in [0.5, 0.6) is 5.75 Å². The molecule has 0 saturated carbocycles. The van der Waals surface area contributed by atoms with Gasteiger partial charge in [-0.25, -0.2) is 4.99 Å². The van der Waals surface area contributed by atoms with Crippen molar-refractivity contribution >= 4 is 21.9 Å². The predicted molar refractivity (Wildman–Crippen MR) is 108 cm³/mol. The highest BCUT2D eigenvalue weighted by Crippen LogP contribution is 2.24. The second kappa shape index (κ2) is 12.1. The van der Waals surface area contributed by atoms with Crippen LogP contribution < -0.4 is 15.4 Å². The first-order chi connectivity index (χ1) is 12.7. The number of rotatable bonds is 10. The maximum atomic E-state index is 5.93. The van der Waals surface area contributed by atoms with Gasteiger partial charge in [-0.3, -0.25) is 0 Å². The smallest absolute Gasteiger partial charge is 0.191 e. The number of hydrogen-bond donors (Lipinski definition) is 2. The first-order valence-electron chi connectivity index (χ1n) is 9.31. The van der Waals surface area contributed by atoms with Gasteiger partial charge in [0.15, 0.2) is 5.96 Å². The number of hydrogen-bond acceptors (Lipinski definition) is 4. The molecule has 1 heterocycles. The molecular formula is C19H30BrN3O3. The minimum atomic E-state index is -0.0187. The number of nitrogens with one attached hydrogen (secondary N) is 2. The van der Waals surface area contributed by atoms with Gasteiger partial charge in [-0.15, -0.1) is 0 Å². The van der Waals surface area contributed by atoms with Crippen LogP contribution in [-0.2, 0) is 9.47 Å². The molecule has 6 nitrogen and oxygen atoms in total. The molecule has 0 amide bonds. The van der Waals surface area contributed by atoms with Gasteiger partial charge in [0.05, 0.1) is 23.7 Å². The lowest BCUT2D eigenvalue weighted by atomic mass is 10.3. The molecule has 0 aromatic heterocycles. The molecule has 1 aliphatic heterocycles. The van der Waals surface area contributed by atoms with E-state index in [0.29, 0.717) is 6.54 Å². The van der Waals surface area contributed by atoms with E-state index in [0.717, 1.165) is 61.9 Å². The normalized spacial score (nSPS) is 18.6. The van der Waals surface area contributed by atoms with Crippen LogP contribution in [0.25, 0.3) is 0 Å². The maximum Gasteiger partial charge on any atom is 0.191 e. The highest BCUT2D eigenvalue weighted by molar-refractivity contribution is 9.10. The van der Waals surface area contributed by atoms with Gasteiger partial charge in [-0.05, 0) is 54.8 Å². The van der Waals surface area contributed by atoms with E-state index in [2.05, 4.69) is 38.5 Å². The van der Waals surface area contributed by atoms with Crippen molar-refractivity contribution in [1.29, 1.82) is 0 Å². The van der Waals surface area contributed by atoms with Crippen LogP contribution in [0, 0.1) is 0 Å². The zero-order chi connectivity index (χ0) is 18.6. The fraction of sp³-hybridized carbons (Fsp3) is 0.632. The fourth-order valence-electron chi connectivity index (χ4n) is 2.53. The Bertz CT molecular complexity index is 551. The van der Waals surface area contributed by atoms with Gasteiger partial charge in [0.1, 0.15) is 11.9 Å². The molecule has 1 aliphatic rings. The summed E-state index contributed by atoms with van der Waals surface area (Å²) in [6, 6.07) is 7.84. The highest BCUT2D eigenvalue weighted by Gasteiger charge is 2.15. The lowest BCUT2D eigenvalue weighted by molar-refractivity contribution is 0.0420. The van der Waals surface area contributed by atoms with Gasteiger partial charge in [0, 0.05) is 26.3 Å². The van der Waals surface area contributed by atoms with Crippen molar-refractivity contribution in [1.82, 2.24) is 10.6 Å². The summed E-state index contributed by atoms with van der Waals surface area (Å²) in [4.78, 5) is 4.61. The molecule has 26 heavy (non-hydrogen) atoms. The largest absolute Gasteiger partial charge is 0.488 e. The zero-order valence-electron chi connectivity index (χ0n) is 15.7. The van der Waals surface area contributed by atoms with E-state index in [4.69, 9.17) is 14.2 Å². The summed E-state index contributed by atoms with van der Waals surface area (Å²) in [7, 11) is 0. The Morgan fingerprint density at radius 1 is 1.38 bits per heavy atom. The fourth-order valence-corrected chi connectivity index (χ4v) is 2.91. The van der Waals surface area contributed by atoms with E-state index in [1.165, 1.54) is 0 Å². The third-order valence-corrected chi connectivity index (χ3v) is 4.53. The van der Waals surface area contributed by atoms with E-state index in [1.54, 1.807) is 0 Å². The van der Waals surface area contributed by atoms with E-state index in [1.807, 2.05) is 31.2 Å². The lowest BCUT2D eigenvalue weighted by Gasteiger charge is -2.16. The van der Waals surface area contributed by atoms with Crippen LogP contribution in [0.3, 0.4) is 0 Å². The van der Waals surface area contributed by atoms with Crippen LogP contribution in [0.2, 0.25) is 0 Å². The van der Waals surface area contributed by atoms with E-state index in [-0.39, 0.29) is 12.2 Å². The molecule has 0 spiro atoms. The Morgan fingerprint density at radius 3 is 2.96 bits per heavy atom. The molecule has 0 radical (unpaired) electrons. The van der Waals surface area contributed by atoms with Gasteiger partial charge in [-0.2, -0.15) is 0 Å². The number of ether oxygens (including phenoxy) is 3. The minimum Gasteiger partial charge on any atom is -0.488 e. The Kier molecular flexibility index (Phi) is 9.81. The second-order valence-corrected chi connectivity index (χ2v) is 7.07. The summed E-state index contributed by atoms with van der Waals surface area (Å²) in [5.74, 6) is 1.64. The van der Waals surface area contributed by atoms with Crippen LogP contribution in [0.4, 0.5) is 0 Å². The molecule has 0 aliphatic carbocycles. The van der Waals surface area contributed by atoms with E-state index < -0.39 is 0 Å². The van der Waals surface area contributed by atoms with Crippen molar-refractivity contribution in [3.8, 4) is 5.75 Å². The van der Waals surface area contributed by atoms with Crippen LogP contribution in [-0.4, -0.2) is 57.6 Å². The Morgan fingerprint density at radius 2 is 2.23 bits per heavy atom. The first-order valence-corrected chi connectivity index (χ1v) is 10.1.